The lowest BCUT2D eigenvalue weighted by Crippen LogP contribution is -1.90. The van der Waals surface area contributed by atoms with Crippen molar-refractivity contribution >= 4 is 0 Å². The molecule has 1 N–H and O–H groups in total. The van der Waals surface area contributed by atoms with E-state index in [-0.39, 0.29) is 11.7 Å². The Morgan fingerprint density at radius 3 is 2.62 bits per heavy atom. The SMILES string of the molecule is Cc1ccc(-c2n[nH]c(C(C)C)n2)c(F)c1. The number of aryl methyl sites for hydroxylation is 1. The van der Waals surface area contributed by atoms with E-state index in [1.807, 2.05) is 26.8 Å². The van der Waals surface area contributed by atoms with Crippen LogP contribution >= 0.6 is 0 Å². The number of aromatic amines is 1. The summed E-state index contributed by atoms with van der Waals surface area (Å²) in [5, 5.41) is 6.84. The van der Waals surface area contributed by atoms with Crippen LogP contribution in [0, 0.1) is 12.7 Å². The average Bonchev–Trinajstić information content (AvgIpc) is 2.66. The summed E-state index contributed by atoms with van der Waals surface area (Å²) in [5.74, 6) is 1.17. The van der Waals surface area contributed by atoms with Crippen LogP contribution in [-0.4, -0.2) is 15.2 Å². The average molecular weight is 219 g/mol. The Hall–Kier alpha value is -1.71. The molecule has 0 saturated carbocycles. The van der Waals surface area contributed by atoms with E-state index in [1.54, 1.807) is 6.07 Å². The second kappa shape index (κ2) is 4.04. The third-order valence-electron chi connectivity index (χ3n) is 2.42. The molecule has 0 bridgehead atoms. The van der Waals surface area contributed by atoms with Crippen molar-refractivity contribution < 1.29 is 4.39 Å². The van der Waals surface area contributed by atoms with Crippen molar-refractivity contribution in [3.8, 4) is 11.4 Å². The number of benzene rings is 1. The predicted molar refractivity (Wildman–Crippen MR) is 60.6 cm³/mol. The Bertz CT molecular complexity index is 503. The Labute approximate surface area is 93.7 Å². The van der Waals surface area contributed by atoms with Gasteiger partial charge >= 0.3 is 0 Å². The van der Waals surface area contributed by atoms with Gasteiger partial charge in [-0.3, -0.25) is 5.10 Å². The Morgan fingerprint density at radius 2 is 2.06 bits per heavy atom. The maximum Gasteiger partial charge on any atom is 0.184 e. The van der Waals surface area contributed by atoms with E-state index in [4.69, 9.17) is 0 Å². The lowest BCUT2D eigenvalue weighted by Gasteiger charge is -1.99. The second-order valence-electron chi connectivity index (χ2n) is 4.18. The van der Waals surface area contributed by atoms with Gasteiger partial charge in [0, 0.05) is 5.92 Å². The molecule has 0 aliphatic carbocycles. The highest BCUT2D eigenvalue weighted by molar-refractivity contribution is 5.56. The highest BCUT2D eigenvalue weighted by Gasteiger charge is 2.12. The van der Waals surface area contributed by atoms with Gasteiger partial charge in [0.25, 0.3) is 0 Å². The highest BCUT2D eigenvalue weighted by atomic mass is 19.1. The predicted octanol–water partition coefficient (Wildman–Crippen LogP) is 3.04. The molecule has 16 heavy (non-hydrogen) atoms. The van der Waals surface area contributed by atoms with E-state index < -0.39 is 0 Å². The van der Waals surface area contributed by atoms with Crippen LogP contribution in [0.25, 0.3) is 11.4 Å². The molecule has 3 nitrogen and oxygen atoms in total. The molecule has 0 aliphatic heterocycles. The summed E-state index contributed by atoms with van der Waals surface area (Å²) < 4.78 is 13.7. The van der Waals surface area contributed by atoms with E-state index in [2.05, 4.69) is 15.2 Å². The first kappa shape index (κ1) is 10.8. The monoisotopic (exact) mass is 219 g/mol. The van der Waals surface area contributed by atoms with Crippen molar-refractivity contribution in [3.05, 3.63) is 35.4 Å². The van der Waals surface area contributed by atoms with Crippen LogP contribution in [-0.2, 0) is 0 Å². The van der Waals surface area contributed by atoms with Crippen molar-refractivity contribution in [2.24, 2.45) is 0 Å². The molecular formula is C12H14FN3. The standard InChI is InChI=1S/C12H14FN3/c1-7(2)11-14-12(16-15-11)9-5-4-8(3)6-10(9)13/h4-7H,1-3H3,(H,14,15,16). The molecule has 84 valence electrons. The molecule has 0 saturated heterocycles. The number of aromatic nitrogens is 3. The summed E-state index contributed by atoms with van der Waals surface area (Å²) in [6, 6.07) is 5.04. The molecule has 0 radical (unpaired) electrons. The molecular weight excluding hydrogens is 205 g/mol. The van der Waals surface area contributed by atoms with Crippen LogP contribution in [0.3, 0.4) is 0 Å². The number of hydrogen-bond acceptors (Lipinski definition) is 2. The van der Waals surface area contributed by atoms with E-state index in [9.17, 15) is 4.39 Å². The largest absolute Gasteiger partial charge is 0.262 e. The first-order chi connectivity index (χ1) is 7.58. The maximum atomic E-state index is 13.7. The van der Waals surface area contributed by atoms with Gasteiger partial charge in [0.05, 0.1) is 5.56 Å². The van der Waals surface area contributed by atoms with Gasteiger partial charge in [-0.15, -0.1) is 0 Å². The Kier molecular flexibility index (Phi) is 2.73. The number of nitrogens with one attached hydrogen (secondary N) is 1. The lowest BCUT2D eigenvalue weighted by molar-refractivity contribution is 0.629. The van der Waals surface area contributed by atoms with Crippen molar-refractivity contribution in [1.82, 2.24) is 15.2 Å². The summed E-state index contributed by atoms with van der Waals surface area (Å²) in [5.41, 5.74) is 1.33. The van der Waals surface area contributed by atoms with Gasteiger partial charge in [-0.1, -0.05) is 19.9 Å². The van der Waals surface area contributed by atoms with Crippen LogP contribution < -0.4 is 0 Å². The van der Waals surface area contributed by atoms with Gasteiger partial charge in [0.1, 0.15) is 11.6 Å². The summed E-state index contributed by atoms with van der Waals surface area (Å²) in [6.45, 7) is 5.87. The molecule has 1 heterocycles. The molecule has 2 rings (SSSR count). The molecule has 1 aromatic carbocycles. The summed E-state index contributed by atoms with van der Waals surface area (Å²) >= 11 is 0. The summed E-state index contributed by atoms with van der Waals surface area (Å²) in [6.07, 6.45) is 0. The van der Waals surface area contributed by atoms with Crippen LogP contribution in [0.15, 0.2) is 18.2 Å². The molecule has 2 aromatic rings. The normalized spacial score (nSPS) is 11.1. The highest BCUT2D eigenvalue weighted by Crippen LogP contribution is 2.21. The molecule has 0 fully saturated rings. The first-order valence-corrected chi connectivity index (χ1v) is 5.26. The molecule has 0 amide bonds. The molecule has 0 unspecified atom stereocenters. The zero-order chi connectivity index (χ0) is 11.7. The zero-order valence-corrected chi connectivity index (χ0v) is 9.58. The van der Waals surface area contributed by atoms with Gasteiger partial charge < -0.3 is 0 Å². The molecule has 0 atom stereocenters. The second-order valence-corrected chi connectivity index (χ2v) is 4.18. The zero-order valence-electron chi connectivity index (χ0n) is 9.58. The minimum Gasteiger partial charge on any atom is -0.262 e. The van der Waals surface area contributed by atoms with Gasteiger partial charge in [-0.05, 0) is 24.6 Å². The molecule has 4 heteroatoms. The molecule has 1 aromatic heterocycles. The first-order valence-electron chi connectivity index (χ1n) is 5.26. The van der Waals surface area contributed by atoms with Crippen LogP contribution in [0.4, 0.5) is 4.39 Å². The Morgan fingerprint density at radius 1 is 1.31 bits per heavy atom. The maximum absolute atomic E-state index is 13.7. The number of halogens is 1. The van der Waals surface area contributed by atoms with E-state index in [1.165, 1.54) is 6.07 Å². The third-order valence-corrected chi connectivity index (χ3v) is 2.42. The Balaban J connectivity index is 2.42. The summed E-state index contributed by atoms with van der Waals surface area (Å²) in [7, 11) is 0. The topological polar surface area (TPSA) is 41.6 Å². The van der Waals surface area contributed by atoms with Gasteiger partial charge in [-0.2, -0.15) is 5.10 Å². The number of hydrogen-bond donors (Lipinski definition) is 1. The number of rotatable bonds is 2. The van der Waals surface area contributed by atoms with E-state index >= 15 is 0 Å². The fourth-order valence-electron chi connectivity index (χ4n) is 1.45. The van der Waals surface area contributed by atoms with Gasteiger partial charge in [0.15, 0.2) is 5.82 Å². The third kappa shape index (κ3) is 1.96. The minimum absolute atomic E-state index is 0.259. The van der Waals surface area contributed by atoms with Crippen molar-refractivity contribution in [2.75, 3.05) is 0 Å². The van der Waals surface area contributed by atoms with Crippen molar-refractivity contribution in [2.45, 2.75) is 26.7 Å². The number of nitrogens with zero attached hydrogens (tertiary/aromatic N) is 2. The fourth-order valence-corrected chi connectivity index (χ4v) is 1.45. The molecule has 0 aliphatic rings. The molecule has 0 spiro atoms. The van der Waals surface area contributed by atoms with Crippen LogP contribution in [0.2, 0.25) is 0 Å². The summed E-state index contributed by atoms with van der Waals surface area (Å²) in [4.78, 5) is 4.26. The minimum atomic E-state index is -0.283. The van der Waals surface area contributed by atoms with Crippen molar-refractivity contribution in [3.63, 3.8) is 0 Å². The van der Waals surface area contributed by atoms with Gasteiger partial charge in [0.2, 0.25) is 0 Å². The van der Waals surface area contributed by atoms with E-state index in [0.29, 0.717) is 11.4 Å². The smallest absolute Gasteiger partial charge is 0.184 e. The van der Waals surface area contributed by atoms with Crippen LogP contribution in [0.1, 0.15) is 31.2 Å². The quantitative estimate of drug-likeness (QED) is 0.843. The van der Waals surface area contributed by atoms with Crippen LogP contribution in [0.5, 0.6) is 0 Å². The van der Waals surface area contributed by atoms with E-state index in [0.717, 1.165) is 11.4 Å². The number of H-pyrrole nitrogens is 1. The van der Waals surface area contributed by atoms with Gasteiger partial charge in [-0.25, -0.2) is 9.37 Å². The lowest BCUT2D eigenvalue weighted by atomic mass is 10.1. The van der Waals surface area contributed by atoms with Crippen molar-refractivity contribution in [1.29, 1.82) is 0 Å². The fraction of sp³-hybridized carbons (Fsp3) is 0.333.